The van der Waals surface area contributed by atoms with Crippen LogP contribution in [0.5, 0.6) is 0 Å². The van der Waals surface area contributed by atoms with Crippen molar-refractivity contribution < 1.29 is 14.6 Å². The lowest BCUT2D eigenvalue weighted by Gasteiger charge is -2.08. The van der Waals surface area contributed by atoms with E-state index in [1.54, 1.807) is 24.3 Å². The zero-order chi connectivity index (χ0) is 10.4. The molecule has 0 radical (unpaired) electrons. The summed E-state index contributed by atoms with van der Waals surface area (Å²) >= 11 is 0. The number of carboxylic acid groups (broad SMARTS) is 1. The van der Waals surface area contributed by atoms with Gasteiger partial charge in [0.1, 0.15) is 6.73 Å². The van der Waals surface area contributed by atoms with Crippen molar-refractivity contribution in [2.45, 2.75) is 6.92 Å². The van der Waals surface area contributed by atoms with Gasteiger partial charge in [-0.2, -0.15) is 0 Å². The zero-order valence-electron chi connectivity index (χ0n) is 7.99. The molecule has 2 N–H and O–H groups in total. The maximum absolute atomic E-state index is 10.8. The van der Waals surface area contributed by atoms with E-state index in [9.17, 15) is 4.79 Å². The first-order chi connectivity index (χ1) is 6.75. The Balaban J connectivity index is 2.69. The van der Waals surface area contributed by atoms with Gasteiger partial charge in [0, 0.05) is 6.61 Å². The minimum Gasteiger partial charge on any atom is -0.478 e. The molecule has 14 heavy (non-hydrogen) atoms. The Morgan fingerprint density at radius 3 is 2.86 bits per heavy atom. The fourth-order valence-electron chi connectivity index (χ4n) is 1.05. The second-order valence-electron chi connectivity index (χ2n) is 2.66. The lowest BCUT2D eigenvalue weighted by Crippen LogP contribution is -2.09. The highest BCUT2D eigenvalue weighted by molar-refractivity contribution is 5.94. The first kappa shape index (κ1) is 10.5. The van der Waals surface area contributed by atoms with Gasteiger partial charge in [-0.3, -0.25) is 0 Å². The van der Waals surface area contributed by atoms with Crippen molar-refractivity contribution in [2.24, 2.45) is 0 Å². The van der Waals surface area contributed by atoms with Gasteiger partial charge in [-0.1, -0.05) is 12.1 Å². The number of nitrogens with one attached hydrogen (secondary N) is 1. The number of para-hydroxylation sites is 1. The molecule has 0 fully saturated rings. The molecule has 0 aliphatic carbocycles. The molecule has 0 spiro atoms. The summed E-state index contributed by atoms with van der Waals surface area (Å²) in [5, 5.41) is 11.7. The molecule has 1 aromatic carbocycles. The second kappa shape index (κ2) is 5.24. The average molecular weight is 195 g/mol. The maximum Gasteiger partial charge on any atom is 0.337 e. The van der Waals surface area contributed by atoms with Crippen LogP contribution in [0.4, 0.5) is 5.69 Å². The number of ether oxygens (including phenoxy) is 1. The molecule has 1 rings (SSSR count). The van der Waals surface area contributed by atoms with Crippen LogP contribution in [0, 0.1) is 0 Å². The highest BCUT2D eigenvalue weighted by atomic mass is 16.5. The van der Waals surface area contributed by atoms with Gasteiger partial charge in [0.15, 0.2) is 0 Å². The van der Waals surface area contributed by atoms with Crippen LogP contribution in [-0.4, -0.2) is 24.4 Å². The van der Waals surface area contributed by atoms with Crippen molar-refractivity contribution >= 4 is 11.7 Å². The number of rotatable bonds is 5. The number of carbonyl (C=O) groups is 1. The van der Waals surface area contributed by atoms with Crippen LogP contribution in [0.15, 0.2) is 24.3 Å². The third kappa shape index (κ3) is 2.74. The number of anilines is 1. The van der Waals surface area contributed by atoms with Gasteiger partial charge in [0.25, 0.3) is 0 Å². The van der Waals surface area contributed by atoms with Crippen LogP contribution in [0.25, 0.3) is 0 Å². The fraction of sp³-hybridized carbons (Fsp3) is 0.300. The Hall–Kier alpha value is -1.55. The molecule has 0 atom stereocenters. The van der Waals surface area contributed by atoms with Gasteiger partial charge in [-0.15, -0.1) is 0 Å². The molecule has 0 aliphatic rings. The predicted octanol–water partition coefficient (Wildman–Crippen LogP) is 1.79. The highest BCUT2D eigenvalue weighted by Gasteiger charge is 2.07. The first-order valence-electron chi connectivity index (χ1n) is 4.39. The summed E-state index contributed by atoms with van der Waals surface area (Å²) < 4.78 is 5.07. The average Bonchev–Trinajstić information content (AvgIpc) is 2.19. The monoisotopic (exact) mass is 195 g/mol. The van der Waals surface area contributed by atoms with Gasteiger partial charge >= 0.3 is 5.97 Å². The third-order valence-corrected chi connectivity index (χ3v) is 1.73. The van der Waals surface area contributed by atoms with E-state index in [2.05, 4.69) is 5.32 Å². The summed E-state index contributed by atoms with van der Waals surface area (Å²) in [5.41, 5.74) is 0.834. The SMILES string of the molecule is CCOCNc1ccccc1C(=O)O. The number of benzene rings is 1. The molecule has 0 aromatic heterocycles. The smallest absolute Gasteiger partial charge is 0.337 e. The van der Waals surface area contributed by atoms with Gasteiger partial charge in [-0.05, 0) is 19.1 Å². The Bertz CT molecular complexity index is 312. The molecular formula is C10H13NO3. The summed E-state index contributed by atoms with van der Waals surface area (Å²) in [5.74, 6) is -0.940. The number of carboxylic acids is 1. The number of aromatic carboxylic acids is 1. The van der Waals surface area contributed by atoms with Crippen LogP contribution in [0.2, 0.25) is 0 Å². The van der Waals surface area contributed by atoms with Crippen LogP contribution in [0.1, 0.15) is 17.3 Å². The molecule has 76 valence electrons. The molecule has 0 saturated carbocycles. The fourth-order valence-corrected chi connectivity index (χ4v) is 1.05. The van der Waals surface area contributed by atoms with E-state index >= 15 is 0 Å². The molecule has 0 aliphatic heterocycles. The summed E-state index contributed by atoms with van der Waals surface area (Å²) in [7, 11) is 0. The summed E-state index contributed by atoms with van der Waals surface area (Å²) in [6, 6.07) is 6.73. The van der Waals surface area contributed by atoms with Crippen LogP contribution in [0.3, 0.4) is 0 Å². The minimum absolute atomic E-state index is 0.257. The second-order valence-corrected chi connectivity index (χ2v) is 2.66. The highest BCUT2D eigenvalue weighted by Crippen LogP contribution is 2.14. The largest absolute Gasteiger partial charge is 0.478 e. The topological polar surface area (TPSA) is 58.6 Å². The normalized spacial score (nSPS) is 9.79. The molecule has 0 heterocycles. The molecule has 4 nitrogen and oxygen atoms in total. The Morgan fingerprint density at radius 2 is 2.21 bits per heavy atom. The lowest BCUT2D eigenvalue weighted by molar-refractivity contribution is 0.0697. The Morgan fingerprint density at radius 1 is 1.50 bits per heavy atom. The van der Waals surface area contributed by atoms with Crippen LogP contribution >= 0.6 is 0 Å². The summed E-state index contributed by atoms with van der Waals surface area (Å²) in [4.78, 5) is 10.8. The third-order valence-electron chi connectivity index (χ3n) is 1.73. The molecular weight excluding hydrogens is 182 g/mol. The van der Waals surface area contributed by atoms with E-state index in [0.29, 0.717) is 19.0 Å². The van der Waals surface area contributed by atoms with Gasteiger partial charge < -0.3 is 15.2 Å². The molecule has 0 amide bonds. The molecule has 0 saturated heterocycles. The van der Waals surface area contributed by atoms with E-state index < -0.39 is 5.97 Å². The lowest BCUT2D eigenvalue weighted by atomic mass is 10.2. The van der Waals surface area contributed by atoms with Crippen molar-refractivity contribution in [1.82, 2.24) is 0 Å². The summed E-state index contributed by atoms with van der Waals surface area (Å²) in [6.45, 7) is 2.80. The van der Waals surface area contributed by atoms with Crippen LogP contribution in [-0.2, 0) is 4.74 Å². The predicted molar refractivity (Wildman–Crippen MR) is 53.5 cm³/mol. The van der Waals surface area contributed by atoms with Crippen molar-refractivity contribution in [3.8, 4) is 0 Å². The van der Waals surface area contributed by atoms with E-state index in [0.717, 1.165) is 0 Å². The van der Waals surface area contributed by atoms with Gasteiger partial charge in [0.2, 0.25) is 0 Å². The molecule has 0 unspecified atom stereocenters. The molecule has 1 aromatic rings. The van der Waals surface area contributed by atoms with E-state index in [1.165, 1.54) is 0 Å². The van der Waals surface area contributed by atoms with Crippen molar-refractivity contribution in [3.63, 3.8) is 0 Å². The Labute approximate surface area is 82.5 Å². The number of hydrogen-bond acceptors (Lipinski definition) is 3. The quantitative estimate of drug-likeness (QED) is 0.555. The van der Waals surface area contributed by atoms with Crippen LogP contribution < -0.4 is 5.32 Å². The van der Waals surface area contributed by atoms with Crippen molar-refractivity contribution in [1.29, 1.82) is 0 Å². The standard InChI is InChI=1S/C10H13NO3/c1-2-14-7-11-9-6-4-3-5-8(9)10(12)13/h3-6,11H,2,7H2,1H3,(H,12,13). The number of hydrogen-bond donors (Lipinski definition) is 2. The zero-order valence-corrected chi connectivity index (χ0v) is 7.99. The van der Waals surface area contributed by atoms with E-state index in [4.69, 9.17) is 9.84 Å². The molecule has 4 heteroatoms. The molecule has 0 bridgehead atoms. The first-order valence-corrected chi connectivity index (χ1v) is 4.39. The van der Waals surface area contributed by atoms with Gasteiger partial charge in [0.05, 0.1) is 11.3 Å². The van der Waals surface area contributed by atoms with Crippen molar-refractivity contribution in [2.75, 3.05) is 18.7 Å². The maximum atomic E-state index is 10.8. The van der Waals surface area contributed by atoms with E-state index in [1.807, 2.05) is 6.92 Å². The van der Waals surface area contributed by atoms with Gasteiger partial charge in [-0.25, -0.2) is 4.79 Å². The Kier molecular flexibility index (Phi) is 3.94. The van der Waals surface area contributed by atoms with E-state index in [-0.39, 0.29) is 5.56 Å². The summed E-state index contributed by atoms with van der Waals surface area (Å²) in [6.07, 6.45) is 0. The van der Waals surface area contributed by atoms with Crippen molar-refractivity contribution in [3.05, 3.63) is 29.8 Å². The minimum atomic E-state index is -0.940.